The highest BCUT2D eigenvalue weighted by Gasteiger charge is 2.29. The van der Waals surface area contributed by atoms with Gasteiger partial charge in [-0.2, -0.15) is 4.31 Å². The van der Waals surface area contributed by atoms with Gasteiger partial charge in [0.25, 0.3) is 5.91 Å². The first-order valence-electron chi connectivity index (χ1n) is 10.1. The summed E-state index contributed by atoms with van der Waals surface area (Å²) in [5.41, 5.74) is 0.498. The smallest absolute Gasteiger partial charge is 0.251 e. The molecule has 2 N–H and O–H groups in total. The number of carbonyl (C=O) groups excluding carboxylic acids is 1. The maximum atomic E-state index is 12.9. The van der Waals surface area contributed by atoms with Crippen LogP contribution < -0.4 is 10.6 Å². The first-order chi connectivity index (χ1) is 13.0. The van der Waals surface area contributed by atoms with Gasteiger partial charge in [0, 0.05) is 25.2 Å². The Morgan fingerprint density at radius 1 is 1.11 bits per heavy atom. The van der Waals surface area contributed by atoms with Crippen LogP contribution in [0, 0.1) is 5.92 Å². The minimum absolute atomic E-state index is 0. The number of piperidine rings is 1. The maximum Gasteiger partial charge on any atom is 0.251 e. The van der Waals surface area contributed by atoms with Crippen molar-refractivity contribution in [1.82, 2.24) is 14.9 Å². The molecule has 1 aromatic carbocycles. The second-order valence-electron chi connectivity index (χ2n) is 7.76. The third kappa shape index (κ3) is 5.69. The molecule has 0 spiro atoms. The molecule has 2 aliphatic rings. The SMILES string of the molecule is CN(C1CCCCC1)S(=O)(=O)c1ccc(C(=O)NCC2CCCNC2)cc1.Cl. The Morgan fingerprint density at radius 2 is 1.79 bits per heavy atom. The van der Waals surface area contributed by atoms with Crippen LogP contribution in [0.3, 0.4) is 0 Å². The van der Waals surface area contributed by atoms with E-state index in [0.717, 1.165) is 51.6 Å². The Bertz CT molecular complexity index is 728. The monoisotopic (exact) mass is 429 g/mol. The van der Waals surface area contributed by atoms with Gasteiger partial charge in [0.1, 0.15) is 0 Å². The van der Waals surface area contributed by atoms with Crippen molar-refractivity contribution < 1.29 is 13.2 Å². The number of nitrogens with zero attached hydrogens (tertiary/aromatic N) is 1. The molecule has 1 heterocycles. The van der Waals surface area contributed by atoms with Crippen molar-refractivity contribution >= 4 is 28.3 Å². The average Bonchev–Trinajstić information content (AvgIpc) is 2.73. The van der Waals surface area contributed by atoms with Gasteiger partial charge >= 0.3 is 0 Å². The molecule has 1 unspecified atom stereocenters. The molecule has 1 aliphatic heterocycles. The summed E-state index contributed by atoms with van der Waals surface area (Å²) in [4.78, 5) is 12.6. The Morgan fingerprint density at radius 3 is 2.39 bits per heavy atom. The van der Waals surface area contributed by atoms with Crippen LogP contribution in [0.4, 0.5) is 0 Å². The summed E-state index contributed by atoms with van der Waals surface area (Å²) in [5.74, 6) is 0.316. The summed E-state index contributed by atoms with van der Waals surface area (Å²) >= 11 is 0. The zero-order valence-electron chi connectivity index (χ0n) is 16.5. The molecule has 1 saturated carbocycles. The predicted molar refractivity (Wildman–Crippen MR) is 113 cm³/mol. The fraction of sp³-hybridized carbons (Fsp3) is 0.650. The molecule has 1 saturated heterocycles. The zero-order valence-corrected chi connectivity index (χ0v) is 18.2. The Hall–Kier alpha value is -1.15. The lowest BCUT2D eigenvalue weighted by Gasteiger charge is -2.30. The van der Waals surface area contributed by atoms with Gasteiger partial charge in [0.05, 0.1) is 4.90 Å². The summed E-state index contributed by atoms with van der Waals surface area (Å²) in [6.07, 6.45) is 7.46. The number of hydrogen-bond donors (Lipinski definition) is 2. The molecule has 1 atom stereocenters. The normalized spacial score (nSPS) is 21.1. The van der Waals surface area contributed by atoms with Crippen LogP contribution in [-0.2, 0) is 10.0 Å². The van der Waals surface area contributed by atoms with E-state index in [4.69, 9.17) is 0 Å². The topological polar surface area (TPSA) is 78.5 Å². The molecule has 2 fully saturated rings. The minimum Gasteiger partial charge on any atom is -0.352 e. The third-order valence-electron chi connectivity index (χ3n) is 5.83. The molecule has 158 valence electrons. The first kappa shape index (κ1) is 23.1. The van der Waals surface area contributed by atoms with Gasteiger partial charge in [-0.25, -0.2) is 8.42 Å². The fourth-order valence-electron chi connectivity index (χ4n) is 4.02. The lowest BCUT2D eigenvalue weighted by Crippen LogP contribution is -2.38. The maximum absolute atomic E-state index is 12.9. The number of carbonyl (C=O) groups is 1. The lowest BCUT2D eigenvalue weighted by molar-refractivity contribution is 0.0944. The van der Waals surface area contributed by atoms with E-state index in [-0.39, 0.29) is 29.3 Å². The van der Waals surface area contributed by atoms with Gasteiger partial charge in [0.15, 0.2) is 0 Å². The second-order valence-corrected chi connectivity index (χ2v) is 9.76. The standard InChI is InChI=1S/C20H31N3O3S.ClH/c1-23(18-7-3-2-4-8-18)27(25,26)19-11-9-17(10-12-19)20(24)22-15-16-6-5-13-21-14-16;/h9-12,16,18,21H,2-8,13-15H2,1H3,(H,22,24);1H. The van der Waals surface area contributed by atoms with Crippen molar-refractivity contribution in [3.8, 4) is 0 Å². The van der Waals surface area contributed by atoms with Crippen LogP contribution in [0.5, 0.6) is 0 Å². The number of sulfonamides is 1. The highest BCUT2D eigenvalue weighted by atomic mass is 35.5. The molecular weight excluding hydrogens is 398 g/mol. The average molecular weight is 430 g/mol. The molecule has 3 rings (SSSR count). The van der Waals surface area contributed by atoms with E-state index < -0.39 is 10.0 Å². The lowest BCUT2D eigenvalue weighted by atomic mass is 9.96. The van der Waals surface area contributed by atoms with E-state index >= 15 is 0 Å². The first-order valence-corrected chi connectivity index (χ1v) is 11.5. The van der Waals surface area contributed by atoms with Gasteiger partial charge in [-0.1, -0.05) is 19.3 Å². The molecule has 1 aromatic rings. The van der Waals surface area contributed by atoms with E-state index in [0.29, 0.717) is 18.0 Å². The minimum atomic E-state index is -3.52. The fourth-order valence-corrected chi connectivity index (χ4v) is 5.44. The predicted octanol–water partition coefficient (Wildman–Crippen LogP) is 2.79. The largest absolute Gasteiger partial charge is 0.352 e. The van der Waals surface area contributed by atoms with Gasteiger partial charge < -0.3 is 10.6 Å². The van der Waals surface area contributed by atoms with Crippen molar-refractivity contribution in [3.63, 3.8) is 0 Å². The third-order valence-corrected chi connectivity index (χ3v) is 7.76. The van der Waals surface area contributed by atoms with E-state index in [2.05, 4.69) is 10.6 Å². The van der Waals surface area contributed by atoms with E-state index in [1.54, 1.807) is 31.3 Å². The quantitative estimate of drug-likeness (QED) is 0.728. The summed E-state index contributed by atoms with van der Waals surface area (Å²) in [6, 6.07) is 6.39. The molecule has 0 bridgehead atoms. The van der Waals surface area contributed by atoms with Crippen LogP contribution >= 0.6 is 12.4 Å². The summed E-state index contributed by atoms with van der Waals surface area (Å²) in [7, 11) is -1.85. The van der Waals surface area contributed by atoms with Crippen molar-refractivity contribution in [1.29, 1.82) is 0 Å². The summed E-state index contributed by atoms with van der Waals surface area (Å²) in [5, 5.41) is 6.30. The molecule has 1 amide bonds. The van der Waals surface area contributed by atoms with E-state index in [1.165, 1.54) is 10.7 Å². The van der Waals surface area contributed by atoms with Crippen molar-refractivity contribution in [2.75, 3.05) is 26.7 Å². The number of hydrogen-bond acceptors (Lipinski definition) is 4. The van der Waals surface area contributed by atoms with Crippen LogP contribution in [0.1, 0.15) is 55.3 Å². The van der Waals surface area contributed by atoms with Gasteiger partial charge in [0.2, 0.25) is 10.0 Å². The van der Waals surface area contributed by atoms with E-state index in [1.807, 2.05) is 0 Å². The summed E-state index contributed by atoms with van der Waals surface area (Å²) < 4.78 is 27.2. The molecule has 28 heavy (non-hydrogen) atoms. The van der Waals surface area contributed by atoms with Gasteiger partial charge in [-0.05, 0) is 69.0 Å². The van der Waals surface area contributed by atoms with Gasteiger partial charge in [-0.15, -0.1) is 12.4 Å². The molecule has 0 radical (unpaired) electrons. The van der Waals surface area contributed by atoms with Crippen molar-refractivity contribution in [3.05, 3.63) is 29.8 Å². The number of nitrogens with one attached hydrogen (secondary N) is 2. The number of benzene rings is 1. The van der Waals surface area contributed by atoms with Crippen LogP contribution in [0.15, 0.2) is 29.2 Å². The highest BCUT2D eigenvalue weighted by molar-refractivity contribution is 7.89. The molecule has 0 aromatic heterocycles. The van der Waals surface area contributed by atoms with E-state index in [9.17, 15) is 13.2 Å². The number of halogens is 1. The molecular formula is C20H32ClN3O3S. The summed E-state index contributed by atoms with van der Waals surface area (Å²) in [6.45, 7) is 2.64. The van der Waals surface area contributed by atoms with Crippen LogP contribution in [-0.4, -0.2) is 51.4 Å². The van der Waals surface area contributed by atoms with Gasteiger partial charge in [-0.3, -0.25) is 4.79 Å². The van der Waals surface area contributed by atoms with Crippen molar-refractivity contribution in [2.45, 2.75) is 55.9 Å². The number of amides is 1. The Balaban J connectivity index is 0.00000280. The Kier molecular flexibility index (Phi) is 8.74. The highest BCUT2D eigenvalue weighted by Crippen LogP contribution is 2.26. The second kappa shape index (κ2) is 10.6. The Labute approximate surface area is 174 Å². The van der Waals surface area contributed by atoms with Crippen LogP contribution in [0.25, 0.3) is 0 Å². The zero-order chi connectivity index (χ0) is 19.3. The number of rotatable bonds is 6. The molecule has 1 aliphatic carbocycles. The molecule has 8 heteroatoms. The molecule has 6 nitrogen and oxygen atoms in total. The van der Waals surface area contributed by atoms with Crippen LogP contribution in [0.2, 0.25) is 0 Å². The van der Waals surface area contributed by atoms with Crippen molar-refractivity contribution in [2.24, 2.45) is 5.92 Å².